The Kier molecular flexibility index (Phi) is 5.64. The van der Waals surface area contributed by atoms with Crippen molar-refractivity contribution >= 4 is 5.69 Å². The Morgan fingerprint density at radius 3 is 2.57 bits per heavy atom. The molecule has 0 amide bonds. The van der Waals surface area contributed by atoms with Crippen LogP contribution in [0.3, 0.4) is 0 Å². The predicted molar refractivity (Wildman–Crippen MR) is 102 cm³/mol. The Morgan fingerprint density at radius 2 is 1.86 bits per heavy atom. The van der Waals surface area contributed by atoms with Crippen molar-refractivity contribution in [3.05, 3.63) is 54.0 Å². The van der Waals surface area contributed by atoms with Crippen LogP contribution in [0.15, 0.2) is 47.3 Å². The van der Waals surface area contributed by atoms with Gasteiger partial charge in [-0.25, -0.2) is 0 Å². The number of hydrogen-bond donors (Lipinski definition) is 0. The summed E-state index contributed by atoms with van der Waals surface area (Å²) < 4.78 is 44.1. The van der Waals surface area contributed by atoms with Crippen LogP contribution in [0.5, 0.6) is 0 Å². The standard InChI is InChI=1S/C21H26F3N3O/c22-21(23,24)18-3-1-4-19(13-18)26-8-10-27(11-9-26)20-5-2-7-25(15-20)14-17-6-12-28-16-17/h1,3-4,6,12-13,16,20H,2,5,7-11,14-15H2. The highest BCUT2D eigenvalue weighted by Gasteiger charge is 2.32. The van der Waals surface area contributed by atoms with Crippen molar-refractivity contribution in [3.8, 4) is 0 Å². The van der Waals surface area contributed by atoms with Gasteiger partial charge >= 0.3 is 6.18 Å². The molecule has 2 aliphatic heterocycles. The third kappa shape index (κ3) is 4.52. The van der Waals surface area contributed by atoms with Gasteiger partial charge in [0.05, 0.1) is 18.1 Å². The number of hydrogen-bond acceptors (Lipinski definition) is 4. The molecule has 3 heterocycles. The lowest BCUT2D eigenvalue weighted by atomic mass is 10.0. The Balaban J connectivity index is 1.32. The van der Waals surface area contributed by atoms with Crippen LogP contribution in [-0.2, 0) is 12.7 Å². The molecule has 2 aliphatic rings. The Bertz CT molecular complexity index is 755. The van der Waals surface area contributed by atoms with Gasteiger partial charge in [0, 0.05) is 56.6 Å². The maximum absolute atomic E-state index is 13.0. The molecule has 2 aromatic rings. The molecule has 1 atom stereocenters. The van der Waals surface area contributed by atoms with E-state index in [-0.39, 0.29) is 0 Å². The first-order chi connectivity index (χ1) is 13.5. The number of benzene rings is 1. The molecule has 152 valence electrons. The topological polar surface area (TPSA) is 22.9 Å². The van der Waals surface area contributed by atoms with Gasteiger partial charge in [0.2, 0.25) is 0 Å². The molecule has 2 saturated heterocycles. The third-order valence-electron chi connectivity index (χ3n) is 5.84. The average molecular weight is 393 g/mol. The fourth-order valence-corrected chi connectivity index (χ4v) is 4.34. The zero-order valence-electron chi connectivity index (χ0n) is 15.9. The number of anilines is 1. The molecule has 0 bridgehead atoms. The van der Waals surface area contributed by atoms with Gasteiger partial charge in [0.1, 0.15) is 0 Å². The predicted octanol–water partition coefficient (Wildman–Crippen LogP) is 4.09. The van der Waals surface area contributed by atoms with E-state index in [4.69, 9.17) is 4.42 Å². The second-order valence-corrected chi connectivity index (χ2v) is 7.73. The molecule has 4 nitrogen and oxygen atoms in total. The summed E-state index contributed by atoms with van der Waals surface area (Å²) >= 11 is 0. The van der Waals surface area contributed by atoms with E-state index in [1.54, 1.807) is 18.6 Å². The number of piperazine rings is 1. The fraction of sp³-hybridized carbons (Fsp3) is 0.524. The van der Waals surface area contributed by atoms with Crippen molar-refractivity contribution in [2.45, 2.75) is 31.6 Å². The molecule has 7 heteroatoms. The summed E-state index contributed by atoms with van der Waals surface area (Å²) in [6.45, 7) is 6.36. The van der Waals surface area contributed by atoms with Gasteiger partial charge in [-0.3, -0.25) is 9.80 Å². The van der Waals surface area contributed by atoms with E-state index in [2.05, 4.69) is 14.7 Å². The van der Waals surface area contributed by atoms with Crippen molar-refractivity contribution in [2.75, 3.05) is 44.2 Å². The van der Waals surface area contributed by atoms with Gasteiger partial charge in [0.25, 0.3) is 0 Å². The Hall–Kier alpha value is -1.99. The maximum atomic E-state index is 13.0. The molecule has 0 saturated carbocycles. The van der Waals surface area contributed by atoms with Crippen molar-refractivity contribution in [2.24, 2.45) is 0 Å². The van der Waals surface area contributed by atoms with E-state index in [0.29, 0.717) is 11.7 Å². The van der Waals surface area contributed by atoms with Crippen LogP contribution < -0.4 is 4.90 Å². The minimum atomic E-state index is -4.29. The van der Waals surface area contributed by atoms with Crippen molar-refractivity contribution in [1.29, 1.82) is 0 Å². The monoisotopic (exact) mass is 393 g/mol. The van der Waals surface area contributed by atoms with E-state index in [1.807, 2.05) is 6.07 Å². The summed E-state index contributed by atoms with van der Waals surface area (Å²) in [5.41, 5.74) is 1.30. The fourth-order valence-electron chi connectivity index (χ4n) is 4.34. The van der Waals surface area contributed by atoms with Gasteiger partial charge in [-0.05, 0) is 43.7 Å². The van der Waals surface area contributed by atoms with E-state index in [1.165, 1.54) is 30.5 Å². The summed E-state index contributed by atoms with van der Waals surface area (Å²) in [6.07, 6.45) is 1.58. The second kappa shape index (κ2) is 8.17. The van der Waals surface area contributed by atoms with Gasteiger partial charge in [-0.1, -0.05) is 6.07 Å². The second-order valence-electron chi connectivity index (χ2n) is 7.73. The highest BCUT2D eigenvalue weighted by atomic mass is 19.4. The normalized spacial score (nSPS) is 22.5. The van der Waals surface area contributed by atoms with Crippen LogP contribution in [0.4, 0.5) is 18.9 Å². The van der Waals surface area contributed by atoms with E-state index in [9.17, 15) is 13.2 Å². The van der Waals surface area contributed by atoms with Crippen LogP contribution >= 0.6 is 0 Å². The SMILES string of the molecule is FC(F)(F)c1cccc(N2CCN(C3CCCN(Cc4ccoc4)C3)CC2)c1. The zero-order valence-corrected chi connectivity index (χ0v) is 15.9. The molecule has 0 radical (unpaired) electrons. The minimum Gasteiger partial charge on any atom is -0.472 e. The van der Waals surface area contributed by atoms with Crippen LogP contribution in [0.1, 0.15) is 24.0 Å². The van der Waals surface area contributed by atoms with Crippen molar-refractivity contribution < 1.29 is 17.6 Å². The van der Waals surface area contributed by atoms with Gasteiger partial charge in [-0.15, -0.1) is 0 Å². The lowest BCUT2D eigenvalue weighted by Crippen LogP contribution is -2.55. The summed E-state index contributed by atoms with van der Waals surface area (Å²) in [6, 6.07) is 8.21. The number of alkyl halides is 3. The molecule has 2 fully saturated rings. The van der Waals surface area contributed by atoms with E-state index in [0.717, 1.165) is 51.9 Å². The summed E-state index contributed by atoms with van der Waals surface area (Å²) in [5.74, 6) is 0. The smallest absolute Gasteiger partial charge is 0.416 e. The molecule has 1 unspecified atom stereocenters. The number of halogens is 3. The molecule has 1 aromatic heterocycles. The summed E-state index contributed by atoms with van der Waals surface area (Å²) in [5, 5.41) is 0. The number of piperidine rings is 1. The summed E-state index contributed by atoms with van der Waals surface area (Å²) in [7, 11) is 0. The summed E-state index contributed by atoms with van der Waals surface area (Å²) in [4.78, 5) is 7.04. The molecular weight excluding hydrogens is 367 g/mol. The molecule has 0 spiro atoms. The quantitative estimate of drug-likeness (QED) is 0.781. The number of likely N-dealkylation sites (tertiary alicyclic amines) is 1. The third-order valence-corrected chi connectivity index (χ3v) is 5.84. The lowest BCUT2D eigenvalue weighted by molar-refractivity contribution is -0.137. The average Bonchev–Trinajstić information content (AvgIpc) is 3.21. The van der Waals surface area contributed by atoms with Crippen molar-refractivity contribution in [3.63, 3.8) is 0 Å². The Morgan fingerprint density at radius 1 is 1.04 bits per heavy atom. The highest BCUT2D eigenvalue weighted by molar-refractivity contribution is 5.49. The van der Waals surface area contributed by atoms with E-state index >= 15 is 0 Å². The van der Waals surface area contributed by atoms with Crippen LogP contribution in [0, 0.1) is 0 Å². The number of rotatable bonds is 4. The van der Waals surface area contributed by atoms with Crippen molar-refractivity contribution in [1.82, 2.24) is 9.80 Å². The molecule has 28 heavy (non-hydrogen) atoms. The lowest BCUT2D eigenvalue weighted by Gasteiger charge is -2.44. The largest absolute Gasteiger partial charge is 0.472 e. The van der Waals surface area contributed by atoms with E-state index < -0.39 is 11.7 Å². The highest BCUT2D eigenvalue weighted by Crippen LogP contribution is 2.32. The van der Waals surface area contributed by atoms with Gasteiger partial charge in [0.15, 0.2) is 0 Å². The van der Waals surface area contributed by atoms with Crippen LogP contribution in [-0.4, -0.2) is 55.1 Å². The molecule has 0 aliphatic carbocycles. The van der Waals surface area contributed by atoms with Crippen LogP contribution in [0.25, 0.3) is 0 Å². The van der Waals surface area contributed by atoms with Gasteiger partial charge < -0.3 is 9.32 Å². The molecule has 4 rings (SSSR count). The minimum absolute atomic E-state index is 0.518. The van der Waals surface area contributed by atoms with Gasteiger partial charge in [-0.2, -0.15) is 13.2 Å². The maximum Gasteiger partial charge on any atom is 0.416 e. The first-order valence-corrected chi connectivity index (χ1v) is 9.89. The number of nitrogens with zero attached hydrogens (tertiary/aromatic N) is 3. The molecule has 0 N–H and O–H groups in total. The Labute approximate surface area is 163 Å². The first kappa shape index (κ1) is 19.3. The first-order valence-electron chi connectivity index (χ1n) is 9.89. The zero-order chi connectivity index (χ0) is 19.6. The van der Waals surface area contributed by atoms with Crippen LogP contribution in [0.2, 0.25) is 0 Å². The number of furan rings is 1. The molecular formula is C21H26F3N3O. The molecule has 1 aromatic carbocycles.